The Labute approximate surface area is 123 Å². The predicted molar refractivity (Wildman–Crippen MR) is 76.1 cm³/mol. The fraction of sp³-hybridized carbons (Fsp3) is 0.562. The van der Waals surface area contributed by atoms with Crippen molar-refractivity contribution in [2.75, 3.05) is 6.61 Å². The Balaban J connectivity index is 1.76. The molecule has 3 nitrogen and oxygen atoms in total. The van der Waals surface area contributed by atoms with Crippen molar-refractivity contribution in [2.45, 2.75) is 51.0 Å². The van der Waals surface area contributed by atoms with Crippen LogP contribution in [0.1, 0.15) is 44.9 Å². The first-order chi connectivity index (χ1) is 10.1. The molecule has 0 radical (unpaired) electrons. The zero-order valence-corrected chi connectivity index (χ0v) is 12.0. The SMILES string of the molecule is O=C(COc1ccc(F)c(F)c1)NC1CCCCCCC1. The van der Waals surface area contributed by atoms with E-state index in [1.165, 1.54) is 25.3 Å². The van der Waals surface area contributed by atoms with Crippen LogP contribution in [0, 0.1) is 11.6 Å². The number of ether oxygens (including phenoxy) is 1. The van der Waals surface area contributed by atoms with E-state index in [1.807, 2.05) is 0 Å². The quantitative estimate of drug-likeness (QED) is 0.922. The standard InChI is InChI=1S/C16H21F2NO2/c17-14-9-8-13(10-15(14)18)21-11-16(20)19-12-6-4-2-1-3-5-7-12/h8-10,12H,1-7,11H2,(H,19,20). The maximum absolute atomic E-state index is 13.0. The number of amides is 1. The first-order valence-corrected chi connectivity index (χ1v) is 7.52. The molecule has 0 spiro atoms. The fourth-order valence-electron chi connectivity index (χ4n) is 2.59. The minimum Gasteiger partial charge on any atom is -0.484 e. The molecule has 0 heterocycles. The molecule has 0 bridgehead atoms. The van der Waals surface area contributed by atoms with Crippen LogP contribution in [0.25, 0.3) is 0 Å². The second kappa shape index (κ2) is 7.96. The van der Waals surface area contributed by atoms with Crippen molar-refractivity contribution in [3.05, 3.63) is 29.8 Å². The largest absolute Gasteiger partial charge is 0.484 e. The van der Waals surface area contributed by atoms with Crippen LogP contribution in [0.4, 0.5) is 8.78 Å². The van der Waals surface area contributed by atoms with E-state index < -0.39 is 11.6 Å². The van der Waals surface area contributed by atoms with Gasteiger partial charge in [-0.2, -0.15) is 0 Å². The molecule has 116 valence electrons. The van der Waals surface area contributed by atoms with Crippen molar-refractivity contribution in [1.82, 2.24) is 5.32 Å². The highest BCUT2D eigenvalue weighted by Gasteiger charge is 2.14. The minimum atomic E-state index is -0.979. The van der Waals surface area contributed by atoms with Crippen LogP contribution in [0.2, 0.25) is 0 Å². The molecule has 0 saturated heterocycles. The number of halogens is 2. The van der Waals surface area contributed by atoms with E-state index in [0.29, 0.717) is 0 Å². The van der Waals surface area contributed by atoms with Gasteiger partial charge in [-0.15, -0.1) is 0 Å². The predicted octanol–water partition coefficient (Wildman–Crippen LogP) is 3.57. The van der Waals surface area contributed by atoms with Gasteiger partial charge in [-0.3, -0.25) is 4.79 Å². The van der Waals surface area contributed by atoms with Gasteiger partial charge in [0.1, 0.15) is 5.75 Å². The number of carbonyl (C=O) groups excluding carboxylic acids is 1. The van der Waals surface area contributed by atoms with Crippen molar-refractivity contribution in [1.29, 1.82) is 0 Å². The van der Waals surface area contributed by atoms with Crippen molar-refractivity contribution >= 4 is 5.91 Å². The van der Waals surface area contributed by atoms with Crippen LogP contribution in [0.5, 0.6) is 5.75 Å². The van der Waals surface area contributed by atoms with Crippen molar-refractivity contribution < 1.29 is 18.3 Å². The zero-order chi connectivity index (χ0) is 15.1. The van der Waals surface area contributed by atoms with Crippen LogP contribution in [0.3, 0.4) is 0 Å². The van der Waals surface area contributed by atoms with Crippen LogP contribution >= 0.6 is 0 Å². The minimum absolute atomic E-state index is 0.154. The second-order valence-electron chi connectivity index (χ2n) is 5.47. The molecule has 5 heteroatoms. The molecule has 0 aromatic heterocycles. The molecule has 1 fully saturated rings. The summed E-state index contributed by atoms with van der Waals surface area (Å²) in [5.74, 6) is -1.97. The third-order valence-corrected chi connectivity index (χ3v) is 3.73. The van der Waals surface area contributed by atoms with Gasteiger partial charge in [-0.25, -0.2) is 8.78 Å². The Morgan fingerprint density at radius 1 is 1.10 bits per heavy atom. The van der Waals surface area contributed by atoms with Gasteiger partial charge >= 0.3 is 0 Å². The van der Waals surface area contributed by atoms with E-state index in [4.69, 9.17) is 4.74 Å². The van der Waals surface area contributed by atoms with Crippen molar-refractivity contribution in [3.63, 3.8) is 0 Å². The van der Waals surface area contributed by atoms with Gasteiger partial charge in [0.2, 0.25) is 0 Å². The Morgan fingerprint density at radius 2 is 1.76 bits per heavy atom. The molecular formula is C16H21F2NO2. The van der Waals surface area contributed by atoms with Gasteiger partial charge in [0.05, 0.1) is 0 Å². The number of carbonyl (C=O) groups is 1. The molecule has 0 unspecified atom stereocenters. The molecule has 1 aromatic carbocycles. The number of hydrogen-bond acceptors (Lipinski definition) is 2. The third kappa shape index (κ3) is 5.33. The summed E-state index contributed by atoms with van der Waals surface area (Å²) in [5.41, 5.74) is 0. The van der Waals surface area contributed by atoms with E-state index in [9.17, 15) is 13.6 Å². The molecule has 1 aromatic rings. The highest BCUT2D eigenvalue weighted by Crippen LogP contribution is 2.17. The van der Waals surface area contributed by atoms with Crippen molar-refractivity contribution in [3.8, 4) is 5.75 Å². The summed E-state index contributed by atoms with van der Waals surface area (Å²) in [6.45, 7) is -0.179. The Hall–Kier alpha value is -1.65. The topological polar surface area (TPSA) is 38.3 Å². The number of benzene rings is 1. The first kappa shape index (κ1) is 15.7. The maximum Gasteiger partial charge on any atom is 0.258 e. The second-order valence-corrected chi connectivity index (χ2v) is 5.47. The zero-order valence-electron chi connectivity index (χ0n) is 12.0. The van der Waals surface area contributed by atoms with Gasteiger partial charge in [0.15, 0.2) is 18.2 Å². The van der Waals surface area contributed by atoms with E-state index in [-0.39, 0.29) is 24.3 Å². The Kier molecular flexibility index (Phi) is 5.96. The van der Waals surface area contributed by atoms with E-state index in [0.717, 1.165) is 37.8 Å². The molecule has 1 N–H and O–H groups in total. The third-order valence-electron chi connectivity index (χ3n) is 3.73. The Bertz CT molecular complexity index is 471. The van der Waals surface area contributed by atoms with Gasteiger partial charge in [0, 0.05) is 12.1 Å². The molecule has 0 atom stereocenters. The normalized spacial score (nSPS) is 16.9. The lowest BCUT2D eigenvalue weighted by Crippen LogP contribution is -2.38. The van der Waals surface area contributed by atoms with Gasteiger partial charge in [-0.1, -0.05) is 32.1 Å². The molecule has 0 aliphatic heterocycles. The van der Waals surface area contributed by atoms with Crippen LogP contribution in [0.15, 0.2) is 18.2 Å². The highest BCUT2D eigenvalue weighted by molar-refractivity contribution is 5.77. The smallest absolute Gasteiger partial charge is 0.258 e. The molecule has 2 rings (SSSR count). The lowest BCUT2D eigenvalue weighted by molar-refractivity contribution is -0.123. The van der Waals surface area contributed by atoms with E-state index >= 15 is 0 Å². The number of hydrogen-bond donors (Lipinski definition) is 1. The Morgan fingerprint density at radius 3 is 2.43 bits per heavy atom. The van der Waals surface area contributed by atoms with E-state index in [2.05, 4.69) is 5.32 Å². The van der Waals surface area contributed by atoms with Crippen LogP contribution < -0.4 is 10.1 Å². The van der Waals surface area contributed by atoms with Gasteiger partial charge in [0.25, 0.3) is 5.91 Å². The van der Waals surface area contributed by atoms with Crippen LogP contribution in [-0.4, -0.2) is 18.6 Å². The average Bonchev–Trinajstić information content (AvgIpc) is 2.43. The fourth-order valence-corrected chi connectivity index (χ4v) is 2.59. The van der Waals surface area contributed by atoms with E-state index in [1.54, 1.807) is 0 Å². The lowest BCUT2D eigenvalue weighted by atomic mass is 9.97. The van der Waals surface area contributed by atoms with Crippen LogP contribution in [-0.2, 0) is 4.79 Å². The van der Waals surface area contributed by atoms with Gasteiger partial charge in [-0.05, 0) is 25.0 Å². The molecule has 1 saturated carbocycles. The molecule has 1 amide bonds. The molecule has 1 aliphatic rings. The summed E-state index contributed by atoms with van der Waals surface area (Å²) in [4.78, 5) is 11.8. The summed E-state index contributed by atoms with van der Waals surface area (Å²) in [7, 11) is 0. The monoisotopic (exact) mass is 297 g/mol. The summed E-state index contributed by atoms with van der Waals surface area (Å²) in [6.07, 6.45) is 7.98. The van der Waals surface area contributed by atoms with Crippen molar-refractivity contribution in [2.24, 2.45) is 0 Å². The highest BCUT2D eigenvalue weighted by atomic mass is 19.2. The first-order valence-electron chi connectivity index (χ1n) is 7.52. The van der Waals surface area contributed by atoms with Gasteiger partial charge < -0.3 is 10.1 Å². The molecular weight excluding hydrogens is 276 g/mol. The summed E-state index contributed by atoms with van der Waals surface area (Å²) in [5, 5.41) is 2.95. The summed E-state index contributed by atoms with van der Waals surface area (Å²) in [6, 6.07) is 3.43. The molecule has 1 aliphatic carbocycles. The average molecular weight is 297 g/mol. The summed E-state index contributed by atoms with van der Waals surface area (Å²) >= 11 is 0. The number of rotatable bonds is 4. The lowest BCUT2D eigenvalue weighted by Gasteiger charge is -2.21. The summed E-state index contributed by atoms with van der Waals surface area (Å²) < 4.78 is 31.0. The molecule has 21 heavy (non-hydrogen) atoms. The maximum atomic E-state index is 13.0. The number of nitrogens with one attached hydrogen (secondary N) is 1.